The number of halogens is 1. The number of carbonyl (C=O) groups excluding carboxylic acids is 1. The molecule has 0 aliphatic carbocycles. The van der Waals surface area contributed by atoms with Gasteiger partial charge in [0.25, 0.3) is 0 Å². The number of amides is 1. The fourth-order valence-electron chi connectivity index (χ4n) is 1.56. The van der Waals surface area contributed by atoms with Gasteiger partial charge < -0.3 is 16.4 Å². The maximum Gasteiger partial charge on any atom is 0.225 e. The maximum atomic E-state index is 11.0. The lowest BCUT2D eigenvalue weighted by Crippen LogP contribution is -2.32. The zero-order valence-corrected chi connectivity index (χ0v) is 10.1. The van der Waals surface area contributed by atoms with Crippen molar-refractivity contribution < 1.29 is 4.79 Å². The number of aromatic nitrogens is 2. The number of rotatable bonds is 3. The second-order valence-corrected chi connectivity index (χ2v) is 4.44. The van der Waals surface area contributed by atoms with E-state index in [1.807, 2.05) is 0 Å². The van der Waals surface area contributed by atoms with Gasteiger partial charge in [-0.15, -0.1) is 0 Å². The first kappa shape index (κ1) is 11.1. The van der Waals surface area contributed by atoms with Crippen LogP contribution in [0.4, 0.5) is 11.8 Å². The van der Waals surface area contributed by atoms with Crippen molar-refractivity contribution in [1.82, 2.24) is 15.3 Å². The minimum absolute atomic E-state index is 0.0986. The molecule has 86 valence electrons. The minimum atomic E-state index is 0.0986. The fourth-order valence-corrected chi connectivity index (χ4v) is 1.96. The molecule has 0 aromatic carbocycles. The van der Waals surface area contributed by atoms with E-state index in [1.54, 1.807) is 6.07 Å². The number of hydrogen-bond donors (Lipinski definition) is 3. The predicted molar refractivity (Wildman–Crippen MR) is 63.8 cm³/mol. The molecule has 1 amide bonds. The fraction of sp³-hybridized carbons (Fsp3) is 0.444. The van der Waals surface area contributed by atoms with Gasteiger partial charge in [-0.3, -0.25) is 4.79 Å². The van der Waals surface area contributed by atoms with Crippen molar-refractivity contribution in [3.63, 3.8) is 0 Å². The van der Waals surface area contributed by atoms with E-state index >= 15 is 0 Å². The van der Waals surface area contributed by atoms with Crippen LogP contribution in [0, 0.1) is 0 Å². The second kappa shape index (κ2) is 4.65. The molecule has 1 aliphatic rings. The molecule has 0 bridgehead atoms. The van der Waals surface area contributed by atoms with Crippen molar-refractivity contribution in [2.45, 2.75) is 18.9 Å². The molecule has 2 heterocycles. The molecule has 1 aliphatic heterocycles. The Morgan fingerprint density at radius 2 is 2.44 bits per heavy atom. The molecule has 7 heteroatoms. The molecular formula is C9H12BrN5O. The molecule has 1 unspecified atom stereocenters. The first-order chi connectivity index (χ1) is 7.63. The van der Waals surface area contributed by atoms with Gasteiger partial charge in [-0.25, -0.2) is 4.98 Å². The van der Waals surface area contributed by atoms with Gasteiger partial charge >= 0.3 is 0 Å². The van der Waals surface area contributed by atoms with Crippen molar-refractivity contribution in [1.29, 1.82) is 0 Å². The third kappa shape index (κ3) is 2.82. The monoisotopic (exact) mass is 285 g/mol. The van der Waals surface area contributed by atoms with E-state index in [2.05, 4.69) is 36.5 Å². The number of nitrogens with one attached hydrogen (secondary N) is 2. The Bertz CT molecular complexity index is 391. The van der Waals surface area contributed by atoms with E-state index in [0.29, 0.717) is 29.3 Å². The number of anilines is 2. The van der Waals surface area contributed by atoms with Crippen LogP contribution in [-0.2, 0) is 4.79 Å². The largest absolute Gasteiger partial charge is 0.383 e. The van der Waals surface area contributed by atoms with Crippen LogP contribution in [0.3, 0.4) is 0 Å². The molecular weight excluding hydrogens is 274 g/mol. The van der Waals surface area contributed by atoms with Crippen molar-refractivity contribution in [2.75, 3.05) is 17.6 Å². The molecule has 0 radical (unpaired) electrons. The van der Waals surface area contributed by atoms with Crippen LogP contribution in [-0.4, -0.2) is 28.5 Å². The zero-order chi connectivity index (χ0) is 11.5. The lowest BCUT2D eigenvalue weighted by atomic mass is 10.2. The second-order valence-electron chi connectivity index (χ2n) is 3.62. The minimum Gasteiger partial charge on any atom is -0.383 e. The van der Waals surface area contributed by atoms with E-state index in [0.717, 1.165) is 6.42 Å². The molecule has 16 heavy (non-hydrogen) atoms. The third-order valence-corrected chi connectivity index (χ3v) is 2.71. The van der Waals surface area contributed by atoms with Gasteiger partial charge in [0.2, 0.25) is 11.9 Å². The summed E-state index contributed by atoms with van der Waals surface area (Å²) in [4.78, 5) is 19.1. The van der Waals surface area contributed by atoms with E-state index in [1.165, 1.54) is 0 Å². The highest BCUT2D eigenvalue weighted by atomic mass is 79.9. The van der Waals surface area contributed by atoms with Crippen LogP contribution in [0.15, 0.2) is 10.7 Å². The number of hydrogen-bond acceptors (Lipinski definition) is 5. The summed E-state index contributed by atoms with van der Waals surface area (Å²) >= 11 is 3.24. The summed E-state index contributed by atoms with van der Waals surface area (Å²) in [7, 11) is 0. The molecule has 1 atom stereocenters. The Morgan fingerprint density at radius 1 is 1.62 bits per heavy atom. The van der Waals surface area contributed by atoms with Crippen molar-refractivity contribution in [3.05, 3.63) is 10.7 Å². The van der Waals surface area contributed by atoms with Crippen LogP contribution in [0.25, 0.3) is 0 Å². The van der Waals surface area contributed by atoms with Gasteiger partial charge in [-0.1, -0.05) is 0 Å². The summed E-state index contributed by atoms with van der Waals surface area (Å²) < 4.78 is 0.637. The van der Waals surface area contributed by atoms with E-state index in [4.69, 9.17) is 5.73 Å². The first-order valence-corrected chi connectivity index (χ1v) is 5.76. The van der Waals surface area contributed by atoms with Crippen LogP contribution >= 0.6 is 15.9 Å². The Morgan fingerprint density at radius 3 is 3.06 bits per heavy atom. The van der Waals surface area contributed by atoms with Gasteiger partial charge in [-0.2, -0.15) is 4.98 Å². The highest BCUT2D eigenvalue weighted by molar-refractivity contribution is 9.10. The van der Waals surface area contributed by atoms with Crippen LogP contribution < -0.4 is 16.4 Å². The Labute approximate surface area is 101 Å². The lowest BCUT2D eigenvalue weighted by Gasteiger charge is -2.11. The normalized spacial score (nSPS) is 19.6. The van der Waals surface area contributed by atoms with E-state index in [9.17, 15) is 4.79 Å². The van der Waals surface area contributed by atoms with Gasteiger partial charge in [-0.05, 0) is 22.4 Å². The van der Waals surface area contributed by atoms with Crippen LogP contribution in [0.2, 0.25) is 0 Å². The number of carbonyl (C=O) groups is 1. The Kier molecular flexibility index (Phi) is 3.23. The van der Waals surface area contributed by atoms with E-state index < -0.39 is 0 Å². The third-order valence-electron chi connectivity index (χ3n) is 2.31. The van der Waals surface area contributed by atoms with Crippen molar-refractivity contribution in [2.24, 2.45) is 0 Å². The molecule has 1 saturated heterocycles. The van der Waals surface area contributed by atoms with Crippen LogP contribution in [0.1, 0.15) is 12.8 Å². The summed E-state index contributed by atoms with van der Waals surface area (Å²) in [5.74, 6) is 0.967. The van der Waals surface area contributed by atoms with Gasteiger partial charge in [0, 0.05) is 25.1 Å². The molecule has 4 N–H and O–H groups in total. The molecule has 1 aromatic rings. The summed E-state index contributed by atoms with van der Waals surface area (Å²) in [5.41, 5.74) is 5.57. The molecule has 2 rings (SSSR count). The summed E-state index contributed by atoms with van der Waals surface area (Å²) in [6, 6.07) is 1.78. The number of nitrogens with zero attached hydrogens (tertiary/aromatic N) is 2. The van der Waals surface area contributed by atoms with Crippen molar-refractivity contribution in [3.8, 4) is 0 Å². The molecule has 1 fully saturated rings. The zero-order valence-electron chi connectivity index (χ0n) is 8.53. The summed E-state index contributed by atoms with van der Waals surface area (Å²) in [6.45, 7) is 0.613. The van der Waals surface area contributed by atoms with E-state index in [-0.39, 0.29) is 11.9 Å². The summed E-state index contributed by atoms with van der Waals surface area (Å²) in [6.07, 6.45) is 1.43. The first-order valence-electron chi connectivity index (χ1n) is 4.97. The lowest BCUT2D eigenvalue weighted by molar-refractivity contribution is -0.119. The molecule has 1 aromatic heterocycles. The number of nitrogens with two attached hydrogens (primary N) is 1. The average Bonchev–Trinajstić information content (AvgIpc) is 2.60. The predicted octanol–water partition coefficient (Wildman–Crippen LogP) is 0.512. The highest BCUT2D eigenvalue weighted by Gasteiger charge is 2.20. The topological polar surface area (TPSA) is 92.9 Å². The highest BCUT2D eigenvalue weighted by Crippen LogP contribution is 2.13. The molecule has 6 nitrogen and oxygen atoms in total. The Hall–Kier alpha value is -1.37. The van der Waals surface area contributed by atoms with Gasteiger partial charge in [0.15, 0.2) is 0 Å². The molecule has 0 saturated carbocycles. The Balaban J connectivity index is 1.91. The van der Waals surface area contributed by atoms with Crippen LogP contribution in [0.5, 0.6) is 0 Å². The van der Waals surface area contributed by atoms with Gasteiger partial charge in [0.05, 0.1) is 0 Å². The number of nitrogen functional groups attached to an aromatic ring is 1. The smallest absolute Gasteiger partial charge is 0.225 e. The quantitative estimate of drug-likeness (QED) is 0.704. The van der Waals surface area contributed by atoms with Crippen molar-refractivity contribution >= 4 is 33.6 Å². The summed E-state index contributed by atoms with van der Waals surface area (Å²) in [5, 5.41) is 5.90. The molecule has 0 spiro atoms. The SMILES string of the molecule is Nc1cc(Br)nc(NCC2CCC(=O)N2)n1. The average molecular weight is 286 g/mol. The standard InChI is InChI=1S/C9H12BrN5O/c10-6-3-7(11)15-9(14-6)12-4-5-1-2-8(16)13-5/h3,5H,1-2,4H2,(H,13,16)(H3,11,12,14,15). The van der Waals surface area contributed by atoms with Gasteiger partial charge in [0.1, 0.15) is 10.4 Å². The maximum absolute atomic E-state index is 11.0.